The lowest BCUT2D eigenvalue weighted by atomic mass is 10.3. The highest BCUT2D eigenvalue weighted by molar-refractivity contribution is 5.34. The molecule has 4 heteroatoms. The van der Waals surface area contributed by atoms with Gasteiger partial charge in [0.15, 0.2) is 0 Å². The van der Waals surface area contributed by atoms with Gasteiger partial charge in [0.2, 0.25) is 0 Å². The Bertz CT molecular complexity index is 234. The smallest absolute Gasteiger partial charge is 0.124 e. The van der Waals surface area contributed by atoms with Gasteiger partial charge in [-0.15, -0.1) is 0 Å². The Balaban J connectivity index is 2.46. The van der Waals surface area contributed by atoms with Gasteiger partial charge in [-0.25, -0.2) is 0 Å². The normalized spacial score (nSPS) is 12.9. The largest absolute Gasteiger partial charge is 0.383 e. The van der Waals surface area contributed by atoms with Crippen molar-refractivity contribution in [3.63, 3.8) is 0 Å². The Morgan fingerprint density at radius 3 is 3.00 bits per heavy atom. The molecule has 1 rings (SSSR count). The van der Waals surface area contributed by atoms with Gasteiger partial charge in [0.25, 0.3) is 0 Å². The lowest BCUT2D eigenvalue weighted by molar-refractivity contribution is 0.190. The van der Waals surface area contributed by atoms with Crippen LogP contribution in [0.2, 0.25) is 0 Å². The van der Waals surface area contributed by atoms with Crippen LogP contribution in [-0.4, -0.2) is 29.5 Å². The highest BCUT2D eigenvalue weighted by atomic mass is 16.5. The van der Waals surface area contributed by atoms with Crippen molar-refractivity contribution in [2.45, 2.75) is 13.0 Å². The Labute approximate surface area is 72.5 Å². The van der Waals surface area contributed by atoms with Gasteiger partial charge in [-0.3, -0.25) is 4.68 Å². The molecule has 4 nitrogen and oxygen atoms in total. The first kappa shape index (κ1) is 9.06. The first-order valence-electron chi connectivity index (χ1n) is 3.97. The molecule has 68 valence electrons. The van der Waals surface area contributed by atoms with E-state index in [0.717, 1.165) is 5.82 Å². The summed E-state index contributed by atoms with van der Waals surface area (Å²) in [5.74, 6) is 1.01. The molecule has 1 aromatic rings. The minimum Gasteiger partial charge on any atom is -0.383 e. The molecule has 0 fully saturated rings. The van der Waals surface area contributed by atoms with E-state index in [-0.39, 0.29) is 0 Å². The molecule has 1 aromatic heterocycles. The van der Waals surface area contributed by atoms with Gasteiger partial charge in [-0.05, 0) is 6.92 Å². The fourth-order valence-electron chi connectivity index (χ4n) is 1.06. The number of hydrogen-bond acceptors (Lipinski definition) is 3. The first-order valence-corrected chi connectivity index (χ1v) is 3.97. The van der Waals surface area contributed by atoms with Gasteiger partial charge in [0.1, 0.15) is 5.82 Å². The van der Waals surface area contributed by atoms with Gasteiger partial charge in [0, 0.05) is 26.3 Å². The van der Waals surface area contributed by atoms with Crippen molar-refractivity contribution in [1.29, 1.82) is 0 Å². The van der Waals surface area contributed by atoms with Crippen LogP contribution in [0.25, 0.3) is 0 Å². The summed E-state index contributed by atoms with van der Waals surface area (Å²) in [6.45, 7) is 2.77. The summed E-state index contributed by atoms with van der Waals surface area (Å²) >= 11 is 0. The molecule has 12 heavy (non-hydrogen) atoms. The molecule has 0 aliphatic heterocycles. The van der Waals surface area contributed by atoms with Crippen molar-refractivity contribution in [2.24, 2.45) is 7.05 Å². The number of nitrogens with zero attached hydrogens (tertiary/aromatic N) is 2. The highest BCUT2D eigenvalue weighted by Gasteiger charge is 2.02. The lowest BCUT2D eigenvalue weighted by Gasteiger charge is -2.13. The second-order valence-corrected chi connectivity index (χ2v) is 2.84. The van der Waals surface area contributed by atoms with Gasteiger partial charge < -0.3 is 10.1 Å². The predicted octanol–water partition coefficient (Wildman–Crippen LogP) is 0.867. The summed E-state index contributed by atoms with van der Waals surface area (Å²) in [6.07, 6.45) is 1.77. The first-order chi connectivity index (χ1) is 5.74. The van der Waals surface area contributed by atoms with Crippen LogP contribution >= 0.6 is 0 Å². The SMILES string of the molecule is COCC(C)Nc1ccnn1C. The number of methoxy groups -OCH3 is 1. The third-order valence-corrected chi connectivity index (χ3v) is 1.63. The van der Waals surface area contributed by atoms with E-state index < -0.39 is 0 Å². The van der Waals surface area contributed by atoms with E-state index in [1.54, 1.807) is 18.0 Å². The van der Waals surface area contributed by atoms with Crippen molar-refractivity contribution in [2.75, 3.05) is 19.0 Å². The summed E-state index contributed by atoms with van der Waals surface area (Å²) in [5.41, 5.74) is 0. The quantitative estimate of drug-likeness (QED) is 0.726. The minimum atomic E-state index is 0.311. The molecule has 1 N–H and O–H groups in total. The third kappa shape index (κ3) is 2.23. The van der Waals surface area contributed by atoms with E-state index in [1.165, 1.54) is 0 Å². The topological polar surface area (TPSA) is 39.1 Å². The summed E-state index contributed by atoms with van der Waals surface area (Å²) in [4.78, 5) is 0. The van der Waals surface area contributed by atoms with Gasteiger partial charge in [-0.1, -0.05) is 0 Å². The minimum absolute atomic E-state index is 0.311. The molecular formula is C8H15N3O. The lowest BCUT2D eigenvalue weighted by Crippen LogP contribution is -2.22. The fourth-order valence-corrected chi connectivity index (χ4v) is 1.06. The molecule has 0 spiro atoms. The average molecular weight is 169 g/mol. The van der Waals surface area contributed by atoms with Crippen molar-refractivity contribution in [1.82, 2.24) is 9.78 Å². The van der Waals surface area contributed by atoms with E-state index in [1.807, 2.05) is 13.1 Å². The summed E-state index contributed by atoms with van der Waals surface area (Å²) in [7, 11) is 3.60. The molecule has 0 aliphatic rings. The maximum atomic E-state index is 5.00. The van der Waals surface area contributed by atoms with E-state index in [2.05, 4.69) is 17.3 Å². The molecule has 1 heterocycles. The van der Waals surface area contributed by atoms with Crippen LogP contribution in [0, 0.1) is 0 Å². The molecule has 0 radical (unpaired) electrons. The van der Waals surface area contributed by atoms with Gasteiger partial charge >= 0.3 is 0 Å². The molecular weight excluding hydrogens is 154 g/mol. The summed E-state index contributed by atoms with van der Waals surface area (Å²) in [6, 6.07) is 2.25. The van der Waals surface area contributed by atoms with Crippen LogP contribution in [0.15, 0.2) is 12.3 Å². The zero-order chi connectivity index (χ0) is 8.97. The Hall–Kier alpha value is -1.03. The van der Waals surface area contributed by atoms with Crippen molar-refractivity contribution in [3.8, 4) is 0 Å². The molecule has 0 saturated carbocycles. The van der Waals surface area contributed by atoms with Crippen LogP contribution in [0.1, 0.15) is 6.92 Å². The molecule has 0 amide bonds. The van der Waals surface area contributed by atoms with Crippen LogP contribution < -0.4 is 5.32 Å². The molecule has 0 bridgehead atoms. The highest BCUT2D eigenvalue weighted by Crippen LogP contribution is 2.04. The van der Waals surface area contributed by atoms with E-state index in [9.17, 15) is 0 Å². The number of nitrogens with one attached hydrogen (secondary N) is 1. The van der Waals surface area contributed by atoms with Crippen LogP contribution in [0.3, 0.4) is 0 Å². The number of ether oxygens (including phenoxy) is 1. The van der Waals surface area contributed by atoms with Gasteiger partial charge in [-0.2, -0.15) is 5.10 Å². The summed E-state index contributed by atoms with van der Waals surface area (Å²) < 4.78 is 6.80. The Morgan fingerprint density at radius 1 is 1.75 bits per heavy atom. The van der Waals surface area contributed by atoms with Crippen molar-refractivity contribution < 1.29 is 4.74 Å². The van der Waals surface area contributed by atoms with Crippen LogP contribution in [0.5, 0.6) is 0 Å². The zero-order valence-electron chi connectivity index (χ0n) is 7.74. The molecule has 0 aromatic carbocycles. The van der Waals surface area contributed by atoms with E-state index in [4.69, 9.17) is 4.74 Å². The number of hydrogen-bond donors (Lipinski definition) is 1. The predicted molar refractivity (Wildman–Crippen MR) is 48.2 cm³/mol. The average Bonchev–Trinajstić information content (AvgIpc) is 2.37. The van der Waals surface area contributed by atoms with E-state index >= 15 is 0 Å². The molecule has 0 saturated heterocycles. The number of rotatable bonds is 4. The van der Waals surface area contributed by atoms with Crippen LogP contribution in [-0.2, 0) is 11.8 Å². The second-order valence-electron chi connectivity index (χ2n) is 2.84. The molecule has 0 aliphatic carbocycles. The van der Waals surface area contributed by atoms with Crippen molar-refractivity contribution in [3.05, 3.63) is 12.3 Å². The summed E-state index contributed by atoms with van der Waals surface area (Å²) in [5, 5.41) is 7.31. The zero-order valence-corrected chi connectivity index (χ0v) is 7.74. The Morgan fingerprint density at radius 2 is 2.50 bits per heavy atom. The second kappa shape index (κ2) is 4.11. The number of aromatic nitrogens is 2. The third-order valence-electron chi connectivity index (χ3n) is 1.63. The van der Waals surface area contributed by atoms with Crippen molar-refractivity contribution >= 4 is 5.82 Å². The van der Waals surface area contributed by atoms with Crippen LogP contribution in [0.4, 0.5) is 5.82 Å². The standard InChI is InChI=1S/C8H15N3O/c1-7(6-12-3)10-8-4-5-9-11(8)2/h4-5,7,10H,6H2,1-3H3. The van der Waals surface area contributed by atoms with Gasteiger partial charge in [0.05, 0.1) is 12.8 Å². The van der Waals surface area contributed by atoms with E-state index in [0.29, 0.717) is 12.6 Å². The fraction of sp³-hybridized carbons (Fsp3) is 0.625. The molecule has 1 atom stereocenters. The maximum Gasteiger partial charge on any atom is 0.124 e. The monoisotopic (exact) mass is 169 g/mol. The maximum absolute atomic E-state index is 5.00. The molecule has 1 unspecified atom stereocenters. The Kier molecular flexibility index (Phi) is 3.10. The number of anilines is 1. The number of aryl methyl sites for hydroxylation is 1.